The van der Waals surface area contributed by atoms with Gasteiger partial charge in [-0.1, -0.05) is 109 Å². The molecule has 11 heteroatoms. The molecule has 3 aliphatic rings. The van der Waals surface area contributed by atoms with Crippen molar-refractivity contribution in [3.05, 3.63) is 167 Å². The van der Waals surface area contributed by atoms with Gasteiger partial charge in [0.1, 0.15) is 25.3 Å². The van der Waals surface area contributed by atoms with Crippen LogP contribution in [0.25, 0.3) is 0 Å². The van der Waals surface area contributed by atoms with Crippen molar-refractivity contribution in [2.45, 2.75) is 69.2 Å². The highest BCUT2D eigenvalue weighted by Gasteiger charge is 2.45. The molecule has 1 unspecified atom stereocenters. The second kappa shape index (κ2) is 17.4. The van der Waals surface area contributed by atoms with E-state index in [1.54, 1.807) is 12.1 Å². The molecule has 0 radical (unpaired) electrons. The van der Waals surface area contributed by atoms with Crippen LogP contribution in [0.3, 0.4) is 0 Å². The van der Waals surface area contributed by atoms with Crippen molar-refractivity contribution in [2.75, 3.05) is 23.7 Å². The molecular formula is C48H46N4O7. The first-order chi connectivity index (χ1) is 28.8. The van der Waals surface area contributed by atoms with Crippen molar-refractivity contribution in [3.63, 3.8) is 0 Å². The lowest BCUT2D eigenvalue weighted by Crippen LogP contribution is -2.44. The monoisotopic (exact) mass is 790 g/mol. The molecule has 5 aromatic carbocycles. The minimum atomic E-state index is -0.989. The summed E-state index contributed by atoms with van der Waals surface area (Å²) < 4.78 is 11.1. The van der Waals surface area contributed by atoms with Gasteiger partial charge in [-0.2, -0.15) is 0 Å². The van der Waals surface area contributed by atoms with Crippen LogP contribution in [0.15, 0.2) is 133 Å². The number of carbonyl (C=O) groups excluding carboxylic acids is 5. The molecule has 0 aromatic heterocycles. The number of rotatable bonds is 10. The molecule has 8 rings (SSSR count). The molecule has 2 saturated heterocycles. The fourth-order valence-electron chi connectivity index (χ4n) is 8.57. The van der Waals surface area contributed by atoms with Gasteiger partial charge in [-0.3, -0.25) is 24.2 Å². The highest BCUT2D eigenvalue weighted by Crippen LogP contribution is 2.43. The van der Waals surface area contributed by atoms with Crippen LogP contribution in [-0.4, -0.2) is 64.8 Å². The van der Waals surface area contributed by atoms with Gasteiger partial charge in [-0.05, 0) is 89.8 Å². The smallest absolute Gasteiger partial charge is 0.410 e. The Labute approximate surface area is 343 Å². The lowest BCUT2D eigenvalue weighted by Gasteiger charge is -2.38. The van der Waals surface area contributed by atoms with Gasteiger partial charge in [-0.25, -0.2) is 9.59 Å². The van der Waals surface area contributed by atoms with Crippen LogP contribution >= 0.6 is 0 Å². The Morgan fingerprint density at radius 2 is 1.05 bits per heavy atom. The minimum absolute atomic E-state index is 0.00945. The van der Waals surface area contributed by atoms with Gasteiger partial charge in [0.05, 0.1) is 5.41 Å². The number of benzene rings is 5. The number of anilines is 2. The van der Waals surface area contributed by atoms with Gasteiger partial charge >= 0.3 is 12.2 Å². The van der Waals surface area contributed by atoms with Crippen molar-refractivity contribution < 1.29 is 33.4 Å². The van der Waals surface area contributed by atoms with E-state index in [2.05, 4.69) is 10.6 Å². The van der Waals surface area contributed by atoms with E-state index in [9.17, 15) is 24.0 Å². The molecule has 3 atom stereocenters. The quantitative estimate of drug-likeness (QED) is 0.147. The van der Waals surface area contributed by atoms with Crippen molar-refractivity contribution in [1.82, 2.24) is 9.80 Å². The van der Waals surface area contributed by atoms with Gasteiger partial charge in [0.25, 0.3) is 0 Å². The van der Waals surface area contributed by atoms with Crippen LogP contribution in [0, 0.1) is 0 Å². The number of fused-ring (bicyclic) bond motifs is 1. The Balaban J connectivity index is 0.945. The number of carbonyl (C=O) groups is 5. The predicted molar refractivity (Wildman–Crippen MR) is 222 cm³/mol. The zero-order chi connectivity index (χ0) is 40.8. The normalized spacial score (nSPS) is 19.8. The molecule has 300 valence electrons. The number of nitrogens with zero attached hydrogens (tertiary/aromatic N) is 2. The Bertz CT molecular complexity index is 2320. The molecule has 1 aliphatic carbocycles. The molecule has 0 saturated carbocycles. The molecule has 4 amide bonds. The minimum Gasteiger partial charge on any atom is -0.445 e. The van der Waals surface area contributed by atoms with Crippen molar-refractivity contribution in [3.8, 4) is 0 Å². The Hall–Kier alpha value is -6.75. The van der Waals surface area contributed by atoms with E-state index in [0.29, 0.717) is 56.6 Å². The van der Waals surface area contributed by atoms with Gasteiger partial charge < -0.3 is 20.1 Å². The predicted octanol–water partition coefficient (Wildman–Crippen LogP) is 7.82. The van der Waals surface area contributed by atoms with Crippen molar-refractivity contribution >= 4 is 41.2 Å². The number of ether oxygens (including phenoxy) is 2. The molecule has 2 N–H and O–H groups in total. The van der Waals surface area contributed by atoms with Crippen LogP contribution in [0.1, 0.15) is 59.1 Å². The second-order valence-electron chi connectivity index (χ2n) is 15.4. The topological polar surface area (TPSA) is 134 Å². The van der Waals surface area contributed by atoms with E-state index in [4.69, 9.17) is 9.47 Å². The number of Topliss-reactive ketones (excluding diaryl/α,β-unsaturated/α-hetero) is 1. The van der Waals surface area contributed by atoms with E-state index in [1.807, 2.05) is 121 Å². The molecular weight excluding hydrogens is 745 g/mol. The highest BCUT2D eigenvalue weighted by atomic mass is 16.6. The standard InChI is InChI=1S/C48H46N4O7/c53-43-29-36-28-40(50-45(55)42-19-11-27-52(42)47(57)59-32-34-14-6-2-7-15-34)23-20-35(36)30-48(43,37-16-8-3-9-17-37)38-21-24-39(25-22-38)49-44(54)41-18-10-26-51(41)46(56)58-31-33-12-4-1-5-13-33/h1-9,12-17,20-25,28,41-42H,10-11,18-19,26-27,29-32H2,(H,49,54)(H,50,55)/t41-,42-,48?/m0/s1. The van der Waals surface area contributed by atoms with Crippen LogP contribution in [-0.2, 0) is 55.3 Å². The van der Waals surface area contributed by atoms with E-state index < -0.39 is 29.7 Å². The van der Waals surface area contributed by atoms with Crippen molar-refractivity contribution in [2.24, 2.45) is 0 Å². The van der Waals surface area contributed by atoms with Gasteiger partial charge in [0.15, 0.2) is 5.78 Å². The largest absolute Gasteiger partial charge is 0.445 e. The molecule has 2 heterocycles. The van der Waals surface area contributed by atoms with Crippen LogP contribution in [0.2, 0.25) is 0 Å². The zero-order valence-electron chi connectivity index (χ0n) is 32.7. The van der Waals surface area contributed by atoms with Crippen LogP contribution in [0.4, 0.5) is 21.0 Å². The van der Waals surface area contributed by atoms with Gasteiger partial charge in [0, 0.05) is 30.9 Å². The molecule has 0 bridgehead atoms. The lowest BCUT2D eigenvalue weighted by molar-refractivity contribution is -0.123. The number of likely N-dealkylation sites (tertiary alicyclic amines) is 2. The van der Waals surface area contributed by atoms with E-state index in [-0.39, 0.29) is 37.2 Å². The molecule has 0 spiro atoms. The first-order valence-corrected chi connectivity index (χ1v) is 20.2. The number of ketones is 1. The molecule has 2 aliphatic heterocycles. The average Bonchev–Trinajstić information content (AvgIpc) is 3.98. The summed E-state index contributed by atoms with van der Waals surface area (Å²) in [6, 6.07) is 40.3. The third kappa shape index (κ3) is 8.46. The molecule has 59 heavy (non-hydrogen) atoms. The van der Waals surface area contributed by atoms with Gasteiger partial charge in [-0.15, -0.1) is 0 Å². The zero-order valence-corrected chi connectivity index (χ0v) is 32.7. The highest BCUT2D eigenvalue weighted by molar-refractivity contribution is 6.00. The summed E-state index contributed by atoms with van der Waals surface area (Å²) in [5.74, 6) is -0.579. The summed E-state index contributed by atoms with van der Waals surface area (Å²) in [5.41, 5.74) is 5.34. The summed E-state index contributed by atoms with van der Waals surface area (Å²) >= 11 is 0. The molecule has 5 aromatic rings. The molecule has 11 nitrogen and oxygen atoms in total. The summed E-state index contributed by atoms with van der Waals surface area (Å²) in [6.45, 7) is 1.13. The summed E-state index contributed by atoms with van der Waals surface area (Å²) in [5, 5.41) is 5.97. The van der Waals surface area contributed by atoms with Crippen LogP contribution < -0.4 is 10.6 Å². The number of hydrogen-bond donors (Lipinski definition) is 2. The van der Waals surface area contributed by atoms with E-state index in [1.165, 1.54) is 9.80 Å². The van der Waals surface area contributed by atoms with E-state index in [0.717, 1.165) is 33.4 Å². The number of amides is 4. The number of hydrogen-bond acceptors (Lipinski definition) is 7. The maximum absolute atomic E-state index is 14.5. The first kappa shape index (κ1) is 39.1. The maximum atomic E-state index is 14.5. The van der Waals surface area contributed by atoms with Gasteiger partial charge in [0.2, 0.25) is 11.8 Å². The lowest BCUT2D eigenvalue weighted by atomic mass is 9.63. The van der Waals surface area contributed by atoms with E-state index >= 15 is 0 Å². The van der Waals surface area contributed by atoms with Crippen molar-refractivity contribution in [1.29, 1.82) is 0 Å². The summed E-state index contributed by atoms with van der Waals surface area (Å²) in [7, 11) is 0. The Morgan fingerprint density at radius 1 is 0.576 bits per heavy atom. The maximum Gasteiger partial charge on any atom is 0.410 e. The fourth-order valence-corrected chi connectivity index (χ4v) is 8.57. The first-order valence-electron chi connectivity index (χ1n) is 20.2. The SMILES string of the molecule is O=C(Nc1ccc(C2(c3ccccc3)Cc3ccc(NC(=O)[C@@H]4CCCN4C(=O)OCc4ccccc4)cc3CC2=O)cc1)[C@@H]1CCCN1C(=O)OCc1ccccc1. The second-order valence-corrected chi connectivity index (χ2v) is 15.4. The fraction of sp³-hybridized carbons (Fsp3) is 0.271. The summed E-state index contributed by atoms with van der Waals surface area (Å²) in [6.07, 6.45) is 1.95. The van der Waals surface area contributed by atoms with Crippen LogP contribution in [0.5, 0.6) is 0 Å². The third-order valence-corrected chi connectivity index (χ3v) is 11.7. The summed E-state index contributed by atoms with van der Waals surface area (Å²) in [4.78, 5) is 70.4. The molecule has 2 fully saturated rings. The number of nitrogens with one attached hydrogen (secondary N) is 2. The Morgan fingerprint density at radius 3 is 1.59 bits per heavy atom. The Kier molecular flexibility index (Phi) is 11.5. The third-order valence-electron chi connectivity index (χ3n) is 11.7. The average molecular weight is 791 g/mol.